The number of para-hydroxylation sites is 1. The molecular formula is C15H20N2O. The van der Waals surface area contributed by atoms with Crippen LogP contribution in [0.1, 0.15) is 36.3 Å². The summed E-state index contributed by atoms with van der Waals surface area (Å²) in [6.07, 6.45) is 2.96. The van der Waals surface area contributed by atoms with Crippen LogP contribution in [-0.4, -0.2) is 30.3 Å². The molecule has 96 valence electrons. The zero-order chi connectivity index (χ0) is 12.1. The molecule has 0 amide bonds. The van der Waals surface area contributed by atoms with Crippen molar-refractivity contribution >= 4 is 5.69 Å². The SMILES string of the molecule is OC1CC[C@@H]2[C@H](C1)c1cccc3c1N2CCNC3. The van der Waals surface area contributed by atoms with Gasteiger partial charge in [0.25, 0.3) is 0 Å². The van der Waals surface area contributed by atoms with Crippen LogP contribution >= 0.6 is 0 Å². The Bertz CT molecular complexity index is 474. The van der Waals surface area contributed by atoms with E-state index in [9.17, 15) is 5.11 Å². The van der Waals surface area contributed by atoms with Crippen molar-refractivity contribution in [2.45, 2.75) is 43.9 Å². The smallest absolute Gasteiger partial charge is 0.0547 e. The van der Waals surface area contributed by atoms with E-state index in [2.05, 4.69) is 28.4 Å². The summed E-state index contributed by atoms with van der Waals surface area (Å²) in [5, 5.41) is 13.5. The highest BCUT2D eigenvalue weighted by molar-refractivity contribution is 5.67. The number of hydrogen-bond donors (Lipinski definition) is 2. The largest absolute Gasteiger partial charge is 0.393 e. The standard InChI is InChI=1S/C15H20N2O/c18-11-4-5-14-13(8-11)12-3-1-2-10-9-16-6-7-17(14)15(10)12/h1-3,11,13-14,16,18H,4-9H2/t11?,13-,14-/m1/s1. The molecule has 3 heteroatoms. The molecule has 4 rings (SSSR count). The van der Waals surface area contributed by atoms with Gasteiger partial charge in [-0.25, -0.2) is 0 Å². The average molecular weight is 244 g/mol. The highest BCUT2D eigenvalue weighted by Gasteiger charge is 2.43. The van der Waals surface area contributed by atoms with Crippen molar-refractivity contribution in [3.8, 4) is 0 Å². The molecule has 0 saturated heterocycles. The van der Waals surface area contributed by atoms with Gasteiger partial charge in [-0.2, -0.15) is 0 Å². The predicted octanol–water partition coefficient (Wildman–Crippen LogP) is 1.61. The molecule has 1 unspecified atom stereocenters. The number of hydrogen-bond acceptors (Lipinski definition) is 3. The quantitative estimate of drug-likeness (QED) is 0.728. The van der Waals surface area contributed by atoms with Crippen LogP contribution in [0.4, 0.5) is 5.69 Å². The fourth-order valence-corrected chi connectivity index (χ4v) is 4.11. The number of anilines is 1. The van der Waals surface area contributed by atoms with Gasteiger partial charge in [-0.05, 0) is 30.4 Å². The van der Waals surface area contributed by atoms with E-state index in [1.165, 1.54) is 16.8 Å². The van der Waals surface area contributed by atoms with Gasteiger partial charge in [0, 0.05) is 37.3 Å². The first-order valence-corrected chi connectivity index (χ1v) is 7.12. The average Bonchev–Trinajstić information content (AvgIpc) is 2.56. The summed E-state index contributed by atoms with van der Waals surface area (Å²) in [4.78, 5) is 2.61. The van der Waals surface area contributed by atoms with Gasteiger partial charge in [-0.1, -0.05) is 18.2 Å². The summed E-state index contributed by atoms with van der Waals surface area (Å²) in [7, 11) is 0. The number of nitrogens with one attached hydrogen (secondary N) is 1. The van der Waals surface area contributed by atoms with Crippen molar-refractivity contribution in [2.75, 3.05) is 18.0 Å². The second kappa shape index (κ2) is 3.97. The van der Waals surface area contributed by atoms with Gasteiger partial charge in [0.2, 0.25) is 0 Å². The van der Waals surface area contributed by atoms with E-state index in [0.717, 1.165) is 38.9 Å². The molecule has 18 heavy (non-hydrogen) atoms. The summed E-state index contributed by atoms with van der Waals surface area (Å²) in [6.45, 7) is 3.17. The third-order valence-electron chi connectivity index (χ3n) is 4.87. The Kier molecular flexibility index (Phi) is 2.39. The Morgan fingerprint density at radius 2 is 2.22 bits per heavy atom. The summed E-state index contributed by atoms with van der Waals surface area (Å²) in [6, 6.07) is 7.34. The highest BCUT2D eigenvalue weighted by atomic mass is 16.3. The molecule has 1 fully saturated rings. The first-order valence-electron chi connectivity index (χ1n) is 7.12. The van der Waals surface area contributed by atoms with Crippen LogP contribution in [0.25, 0.3) is 0 Å². The minimum absolute atomic E-state index is 0.0937. The van der Waals surface area contributed by atoms with E-state index in [0.29, 0.717) is 12.0 Å². The Hall–Kier alpha value is -1.06. The number of aliphatic hydroxyl groups is 1. The molecular weight excluding hydrogens is 224 g/mol. The minimum Gasteiger partial charge on any atom is -0.393 e. The summed E-state index contributed by atoms with van der Waals surface area (Å²) in [5.41, 5.74) is 4.40. The molecule has 1 aromatic rings. The first kappa shape index (κ1) is 10.8. The lowest BCUT2D eigenvalue weighted by atomic mass is 9.81. The minimum atomic E-state index is -0.0937. The number of fused-ring (bicyclic) bond motifs is 3. The lowest BCUT2D eigenvalue weighted by molar-refractivity contribution is 0.113. The molecule has 0 radical (unpaired) electrons. The molecule has 1 aliphatic carbocycles. The van der Waals surface area contributed by atoms with Crippen LogP contribution in [0.2, 0.25) is 0 Å². The first-order chi connectivity index (χ1) is 8.84. The van der Waals surface area contributed by atoms with Gasteiger partial charge >= 0.3 is 0 Å². The van der Waals surface area contributed by atoms with Crippen LogP contribution in [0, 0.1) is 0 Å². The number of rotatable bonds is 0. The van der Waals surface area contributed by atoms with Crippen molar-refractivity contribution in [3.05, 3.63) is 29.3 Å². The van der Waals surface area contributed by atoms with Gasteiger partial charge in [-0.3, -0.25) is 0 Å². The second-order valence-corrected chi connectivity index (χ2v) is 5.87. The van der Waals surface area contributed by atoms with Gasteiger partial charge in [0.1, 0.15) is 0 Å². The lowest BCUT2D eigenvalue weighted by Crippen LogP contribution is -2.41. The maximum absolute atomic E-state index is 9.95. The molecule has 2 aliphatic heterocycles. The van der Waals surface area contributed by atoms with E-state index >= 15 is 0 Å². The fourth-order valence-electron chi connectivity index (χ4n) is 4.11. The van der Waals surface area contributed by atoms with E-state index in [-0.39, 0.29) is 6.10 Å². The summed E-state index contributed by atoms with van der Waals surface area (Å²) in [5.74, 6) is 0.557. The van der Waals surface area contributed by atoms with Crippen LogP contribution in [0.5, 0.6) is 0 Å². The fraction of sp³-hybridized carbons (Fsp3) is 0.600. The van der Waals surface area contributed by atoms with Crippen LogP contribution < -0.4 is 10.2 Å². The van der Waals surface area contributed by atoms with Gasteiger partial charge in [0.05, 0.1) is 6.10 Å². The summed E-state index contributed by atoms with van der Waals surface area (Å²) < 4.78 is 0. The number of nitrogens with zero attached hydrogens (tertiary/aromatic N) is 1. The Labute approximate surface area is 108 Å². The van der Waals surface area contributed by atoms with E-state index in [1.54, 1.807) is 0 Å². The van der Waals surface area contributed by atoms with Gasteiger partial charge < -0.3 is 15.3 Å². The molecule has 0 spiro atoms. The molecule has 0 bridgehead atoms. The molecule has 2 N–H and O–H groups in total. The van der Waals surface area contributed by atoms with Crippen molar-refractivity contribution in [3.63, 3.8) is 0 Å². The van der Waals surface area contributed by atoms with Gasteiger partial charge in [0.15, 0.2) is 0 Å². The van der Waals surface area contributed by atoms with E-state index in [4.69, 9.17) is 0 Å². The highest BCUT2D eigenvalue weighted by Crippen LogP contribution is 2.49. The van der Waals surface area contributed by atoms with E-state index in [1.807, 2.05) is 0 Å². The Morgan fingerprint density at radius 3 is 3.17 bits per heavy atom. The maximum Gasteiger partial charge on any atom is 0.0547 e. The molecule has 3 atom stereocenters. The Morgan fingerprint density at radius 1 is 1.28 bits per heavy atom. The van der Waals surface area contributed by atoms with Gasteiger partial charge in [-0.15, -0.1) is 0 Å². The number of aliphatic hydroxyl groups excluding tert-OH is 1. The normalized spacial score (nSPS) is 33.8. The van der Waals surface area contributed by atoms with Crippen molar-refractivity contribution in [1.82, 2.24) is 5.32 Å². The third kappa shape index (κ3) is 1.44. The third-order valence-corrected chi connectivity index (χ3v) is 4.87. The van der Waals surface area contributed by atoms with Crippen LogP contribution in [0.3, 0.4) is 0 Å². The summed E-state index contributed by atoms with van der Waals surface area (Å²) >= 11 is 0. The molecule has 0 aromatic heterocycles. The zero-order valence-electron chi connectivity index (χ0n) is 10.6. The molecule has 3 nitrogen and oxygen atoms in total. The molecule has 3 aliphatic rings. The molecule has 1 aromatic carbocycles. The zero-order valence-corrected chi connectivity index (χ0v) is 10.6. The lowest BCUT2D eigenvalue weighted by Gasteiger charge is -2.35. The second-order valence-electron chi connectivity index (χ2n) is 5.87. The van der Waals surface area contributed by atoms with Crippen molar-refractivity contribution < 1.29 is 5.11 Å². The molecule has 2 heterocycles. The topological polar surface area (TPSA) is 35.5 Å². The predicted molar refractivity (Wildman–Crippen MR) is 71.9 cm³/mol. The molecule has 1 saturated carbocycles. The van der Waals surface area contributed by atoms with E-state index < -0.39 is 0 Å². The monoisotopic (exact) mass is 244 g/mol. The van der Waals surface area contributed by atoms with Crippen molar-refractivity contribution in [2.24, 2.45) is 0 Å². The maximum atomic E-state index is 9.95. The van der Waals surface area contributed by atoms with Crippen LogP contribution in [0.15, 0.2) is 18.2 Å². The number of benzene rings is 1. The van der Waals surface area contributed by atoms with Crippen molar-refractivity contribution in [1.29, 1.82) is 0 Å². The Balaban J connectivity index is 1.84. The van der Waals surface area contributed by atoms with Crippen LogP contribution in [-0.2, 0) is 6.54 Å².